The van der Waals surface area contributed by atoms with E-state index in [0.29, 0.717) is 0 Å². The third-order valence-electron chi connectivity index (χ3n) is 1.81. The number of hydrogen-bond acceptors (Lipinski definition) is 1. The van der Waals surface area contributed by atoms with Crippen molar-refractivity contribution in [2.45, 2.75) is 32.7 Å². The van der Waals surface area contributed by atoms with Crippen molar-refractivity contribution in [3.63, 3.8) is 0 Å². The van der Waals surface area contributed by atoms with Gasteiger partial charge in [0.05, 0.1) is 0 Å². The highest BCUT2D eigenvalue weighted by Crippen LogP contribution is 2.37. The second-order valence-electron chi connectivity index (χ2n) is 3.70. The van der Waals surface area contributed by atoms with Crippen molar-refractivity contribution in [1.29, 1.82) is 0 Å². The molecular weight excluding hydrogens is 174 g/mol. The Morgan fingerprint density at radius 1 is 1.55 bits per heavy atom. The summed E-state index contributed by atoms with van der Waals surface area (Å²) in [5.74, 6) is 0. The van der Waals surface area contributed by atoms with E-state index in [1.54, 1.807) is 0 Å². The molecule has 66 valence electrons. The van der Waals surface area contributed by atoms with Crippen LogP contribution in [0.25, 0.3) is 0 Å². The Labute approximate surface area is 75.6 Å². The van der Waals surface area contributed by atoms with E-state index in [1.165, 1.54) is 0 Å². The molecule has 0 saturated heterocycles. The number of halogens is 1. The van der Waals surface area contributed by atoms with Crippen molar-refractivity contribution in [2.75, 3.05) is 6.54 Å². The van der Waals surface area contributed by atoms with Crippen molar-refractivity contribution in [2.24, 2.45) is 0 Å². The van der Waals surface area contributed by atoms with Crippen molar-refractivity contribution in [1.82, 2.24) is 4.98 Å². The van der Waals surface area contributed by atoms with Gasteiger partial charge in [0.2, 0.25) is 0 Å². The molecule has 0 radical (unpaired) electrons. The van der Waals surface area contributed by atoms with Gasteiger partial charge < -0.3 is 4.98 Å². The van der Waals surface area contributed by atoms with Gasteiger partial charge in [0.15, 0.2) is 0 Å². The van der Waals surface area contributed by atoms with Crippen LogP contribution in [0.15, 0.2) is 12.3 Å². The van der Waals surface area contributed by atoms with Crippen molar-refractivity contribution in [3.05, 3.63) is 12.3 Å². The highest BCUT2D eigenvalue weighted by molar-refractivity contribution is 7.23. The fourth-order valence-electron chi connectivity index (χ4n) is 0.901. The van der Waals surface area contributed by atoms with Crippen molar-refractivity contribution >= 4 is 18.6 Å². The highest BCUT2D eigenvalue weighted by atomic mass is 35.6. The minimum atomic E-state index is -1.94. The lowest BCUT2D eigenvalue weighted by Gasteiger charge is -2.34. The molecule has 1 nitrogen and oxygen atoms in total. The molecule has 3 heteroatoms. The van der Waals surface area contributed by atoms with Crippen molar-refractivity contribution < 1.29 is 0 Å². The molecular formula is C8H18ClNSi. The van der Waals surface area contributed by atoms with E-state index in [-0.39, 0.29) is 5.04 Å². The minimum absolute atomic E-state index is 0.131. The van der Waals surface area contributed by atoms with Gasteiger partial charge in [-0.3, -0.25) is 0 Å². The fourth-order valence-corrected chi connectivity index (χ4v) is 3.10. The van der Waals surface area contributed by atoms with Gasteiger partial charge >= 0.3 is 0 Å². The lowest BCUT2D eigenvalue weighted by molar-refractivity contribution is 0.710. The lowest BCUT2D eigenvalue weighted by Crippen LogP contribution is -2.51. The average molecular weight is 192 g/mol. The first-order chi connectivity index (χ1) is 4.87. The molecule has 0 aliphatic carbocycles. The number of nitrogens with one attached hydrogen (secondary N) is 1. The van der Waals surface area contributed by atoms with Crippen LogP contribution in [-0.2, 0) is 0 Å². The molecule has 0 saturated carbocycles. The van der Waals surface area contributed by atoms with E-state index in [9.17, 15) is 0 Å². The topological polar surface area (TPSA) is 12.0 Å². The van der Waals surface area contributed by atoms with Crippen LogP contribution in [0.3, 0.4) is 0 Å². The van der Waals surface area contributed by atoms with Crippen LogP contribution in [0, 0.1) is 0 Å². The first-order valence-electron chi connectivity index (χ1n) is 3.95. The largest absolute Gasteiger partial charge is 0.322 e. The van der Waals surface area contributed by atoms with Gasteiger partial charge in [0, 0.05) is 0 Å². The molecule has 0 rings (SSSR count). The van der Waals surface area contributed by atoms with Gasteiger partial charge in [-0.1, -0.05) is 33.4 Å². The summed E-state index contributed by atoms with van der Waals surface area (Å²) in [6.45, 7) is 13.2. The number of rotatable bonds is 3. The molecule has 0 heterocycles. The van der Waals surface area contributed by atoms with Crippen LogP contribution < -0.4 is 4.98 Å². The third-order valence-corrected chi connectivity index (χ3v) is 7.99. The second kappa shape index (κ2) is 3.74. The Morgan fingerprint density at radius 3 is 2.09 bits per heavy atom. The summed E-state index contributed by atoms with van der Waals surface area (Å²) in [7, 11) is -1.94. The van der Waals surface area contributed by atoms with Crippen LogP contribution in [0.5, 0.6) is 0 Å². The van der Waals surface area contributed by atoms with E-state index in [0.717, 1.165) is 6.54 Å². The van der Waals surface area contributed by atoms with Gasteiger partial charge in [0.1, 0.15) is 0 Å². The zero-order chi connectivity index (χ0) is 9.12. The molecule has 1 N–H and O–H groups in total. The maximum atomic E-state index is 6.41. The number of hydrogen-bond donors (Lipinski definition) is 1. The SMILES string of the molecule is C=C[Si](Cl)(NCC)C(C)(C)C. The maximum Gasteiger partial charge on any atom is 0.255 e. The average Bonchev–Trinajstić information content (AvgIpc) is 1.86. The third kappa shape index (κ3) is 2.62. The summed E-state index contributed by atoms with van der Waals surface area (Å²) in [5.41, 5.74) is 1.90. The lowest BCUT2D eigenvalue weighted by atomic mass is 10.2. The van der Waals surface area contributed by atoms with Crippen LogP contribution in [0.1, 0.15) is 27.7 Å². The Morgan fingerprint density at radius 2 is 2.00 bits per heavy atom. The van der Waals surface area contributed by atoms with Crippen LogP contribution in [-0.4, -0.2) is 14.1 Å². The summed E-state index contributed by atoms with van der Waals surface area (Å²) in [6, 6.07) is 0. The predicted molar refractivity (Wildman–Crippen MR) is 55.2 cm³/mol. The van der Waals surface area contributed by atoms with Gasteiger partial charge in [0.25, 0.3) is 7.55 Å². The van der Waals surface area contributed by atoms with E-state index in [2.05, 4.69) is 39.3 Å². The zero-order valence-electron chi connectivity index (χ0n) is 7.87. The first-order valence-corrected chi connectivity index (χ1v) is 7.04. The standard InChI is InChI=1S/C8H18ClNSi/c1-6-10-11(9,7-2)8(3,4)5/h7,10H,2,6H2,1,3-5H3. The summed E-state index contributed by atoms with van der Waals surface area (Å²) in [4.78, 5) is 3.33. The summed E-state index contributed by atoms with van der Waals surface area (Å²) in [5, 5.41) is 0.131. The van der Waals surface area contributed by atoms with Gasteiger partial charge in [-0.05, 0) is 11.6 Å². The summed E-state index contributed by atoms with van der Waals surface area (Å²) in [6.07, 6.45) is 0. The Bertz CT molecular complexity index is 142. The molecule has 0 aliphatic rings. The molecule has 1 atom stereocenters. The zero-order valence-corrected chi connectivity index (χ0v) is 9.63. The van der Waals surface area contributed by atoms with Crippen molar-refractivity contribution in [3.8, 4) is 0 Å². The van der Waals surface area contributed by atoms with Gasteiger partial charge in [-0.25, -0.2) is 0 Å². The summed E-state index contributed by atoms with van der Waals surface area (Å²) < 4.78 is 0. The molecule has 11 heavy (non-hydrogen) atoms. The van der Waals surface area contributed by atoms with E-state index in [4.69, 9.17) is 11.1 Å². The molecule has 0 fully saturated rings. The molecule has 1 unspecified atom stereocenters. The van der Waals surface area contributed by atoms with Crippen LogP contribution >= 0.6 is 11.1 Å². The van der Waals surface area contributed by atoms with Crippen LogP contribution in [0.2, 0.25) is 5.04 Å². The van der Waals surface area contributed by atoms with E-state index >= 15 is 0 Å². The maximum absolute atomic E-state index is 6.41. The highest BCUT2D eigenvalue weighted by Gasteiger charge is 2.40. The fraction of sp³-hybridized carbons (Fsp3) is 0.750. The molecule has 0 aliphatic heterocycles. The normalized spacial score (nSPS) is 17.5. The molecule has 0 spiro atoms. The Kier molecular flexibility index (Phi) is 3.81. The molecule has 0 aromatic heterocycles. The molecule has 0 bridgehead atoms. The predicted octanol–water partition coefficient (Wildman–Crippen LogP) is 2.80. The monoisotopic (exact) mass is 191 g/mol. The molecule has 0 amide bonds. The Hall–Kier alpha value is 0.207. The van der Waals surface area contributed by atoms with Gasteiger partial charge in [-0.15, -0.1) is 17.7 Å². The Balaban J connectivity index is 4.46. The van der Waals surface area contributed by atoms with E-state index in [1.807, 2.05) is 5.70 Å². The first kappa shape index (κ1) is 11.2. The minimum Gasteiger partial charge on any atom is -0.322 e. The second-order valence-corrected chi connectivity index (χ2v) is 9.17. The smallest absolute Gasteiger partial charge is 0.255 e. The van der Waals surface area contributed by atoms with Crippen LogP contribution in [0.4, 0.5) is 0 Å². The quantitative estimate of drug-likeness (QED) is 0.535. The van der Waals surface area contributed by atoms with Gasteiger partial charge in [-0.2, -0.15) is 0 Å². The molecule has 0 aromatic carbocycles. The van der Waals surface area contributed by atoms with E-state index < -0.39 is 7.55 Å². The molecule has 0 aromatic rings. The summed E-state index contributed by atoms with van der Waals surface area (Å²) >= 11 is 6.41.